The van der Waals surface area contributed by atoms with Crippen LogP contribution < -0.4 is 0 Å². The molecule has 1 aromatic carbocycles. The average Bonchev–Trinajstić information content (AvgIpc) is 2.35. The van der Waals surface area contributed by atoms with Crippen molar-refractivity contribution >= 4 is 27.5 Å². The summed E-state index contributed by atoms with van der Waals surface area (Å²) in [6.07, 6.45) is 3.19. The molecule has 1 amide bonds. The van der Waals surface area contributed by atoms with Gasteiger partial charge < -0.3 is 4.90 Å². The highest BCUT2D eigenvalue weighted by Gasteiger charge is 2.29. The van der Waals surface area contributed by atoms with Gasteiger partial charge in [-0.1, -0.05) is 22.0 Å². The summed E-state index contributed by atoms with van der Waals surface area (Å²) in [4.78, 5) is 24.5. The Morgan fingerprint density at radius 2 is 2.21 bits per heavy atom. The lowest BCUT2D eigenvalue weighted by Crippen LogP contribution is -2.45. The molecule has 1 aromatic rings. The number of non-ortho nitro benzene ring substituents is 1. The van der Waals surface area contributed by atoms with Crippen LogP contribution in [0.1, 0.15) is 29.6 Å². The molecule has 0 saturated heterocycles. The van der Waals surface area contributed by atoms with Gasteiger partial charge in [-0.05, 0) is 25.3 Å². The molecule has 2 rings (SSSR count). The Labute approximate surface area is 119 Å². The maximum absolute atomic E-state index is 12.4. The summed E-state index contributed by atoms with van der Waals surface area (Å²) in [6.45, 7) is 0.631. The third kappa shape index (κ3) is 3.12. The summed E-state index contributed by atoms with van der Waals surface area (Å²) in [5, 5.41) is 11.5. The van der Waals surface area contributed by atoms with E-state index in [0.29, 0.717) is 17.4 Å². The second-order valence-corrected chi connectivity index (χ2v) is 5.37. The number of hydrogen-bond acceptors (Lipinski definition) is 3. The fourth-order valence-corrected chi connectivity index (χ4v) is 2.54. The van der Waals surface area contributed by atoms with Gasteiger partial charge in [0, 0.05) is 35.6 Å². The van der Waals surface area contributed by atoms with Gasteiger partial charge in [-0.25, -0.2) is 0 Å². The van der Waals surface area contributed by atoms with Crippen molar-refractivity contribution in [3.8, 4) is 0 Å². The van der Waals surface area contributed by atoms with Crippen LogP contribution in [-0.2, 0) is 0 Å². The number of nitro groups is 1. The minimum Gasteiger partial charge on any atom is -0.335 e. The van der Waals surface area contributed by atoms with E-state index in [4.69, 9.17) is 0 Å². The minimum absolute atomic E-state index is 0.0433. The summed E-state index contributed by atoms with van der Waals surface area (Å²) < 4.78 is 0. The molecule has 0 heterocycles. The zero-order chi connectivity index (χ0) is 13.8. The third-order valence-corrected chi connectivity index (χ3v) is 3.76. The van der Waals surface area contributed by atoms with Gasteiger partial charge in [0.05, 0.1) is 4.92 Å². The van der Waals surface area contributed by atoms with Gasteiger partial charge in [0.25, 0.3) is 11.6 Å². The lowest BCUT2D eigenvalue weighted by Gasteiger charge is -2.37. The van der Waals surface area contributed by atoms with Gasteiger partial charge >= 0.3 is 0 Å². The number of carbonyl (C=O) groups is 1. The molecule has 1 aliphatic rings. The highest BCUT2D eigenvalue weighted by molar-refractivity contribution is 9.09. The standard InChI is InChI=1S/C13H15BrN2O3/c14-7-8-15(11-4-2-5-11)13(17)10-3-1-6-12(9-10)16(18)19/h1,3,6,9,11H,2,4-5,7-8H2. The SMILES string of the molecule is O=C(c1cccc([N+](=O)[O-])c1)N(CCBr)C1CCC1. The predicted octanol–water partition coefficient (Wildman–Crippen LogP) is 2.98. The molecule has 0 aromatic heterocycles. The number of benzene rings is 1. The van der Waals surface area contributed by atoms with Crippen LogP contribution in [-0.4, -0.2) is 33.6 Å². The molecule has 1 saturated carbocycles. The summed E-state index contributed by atoms with van der Waals surface area (Å²) in [7, 11) is 0. The quantitative estimate of drug-likeness (QED) is 0.474. The lowest BCUT2D eigenvalue weighted by atomic mass is 9.91. The molecule has 0 atom stereocenters. The monoisotopic (exact) mass is 326 g/mol. The first kappa shape index (κ1) is 14.0. The molecule has 0 radical (unpaired) electrons. The summed E-state index contributed by atoms with van der Waals surface area (Å²) in [5.74, 6) is -0.118. The average molecular weight is 327 g/mol. The van der Waals surface area contributed by atoms with Crippen molar-refractivity contribution in [3.63, 3.8) is 0 Å². The summed E-state index contributed by atoms with van der Waals surface area (Å²) >= 11 is 3.35. The molecule has 5 nitrogen and oxygen atoms in total. The number of nitro benzene ring substituents is 1. The summed E-state index contributed by atoms with van der Waals surface area (Å²) in [5.41, 5.74) is 0.348. The minimum atomic E-state index is -0.477. The van der Waals surface area contributed by atoms with E-state index in [2.05, 4.69) is 15.9 Å². The van der Waals surface area contributed by atoms with Gasteiger partial charge in [0.15, 0.2) is 0 Å². The van der Waals surface area contributed by atoms with E-state index in [9.17, 15) is 14.9 Å². The van der Waals surface area contributed by atoms with E-state index >= 15 is 0 Å². The van der Waals surface area contributed by atoms with Crippen molar-refractivity contribution in [2.75, 3.05) is 11.9 Å². The zero-order valence-electron chi connectivity index (χ0n) is 10.4. The first-order valence-electron chi connectivity index (χ1n) is 6.25. The number of halogens is 1. The Kier molecular flexibility index (Phi) is 4.52. The van der Waals surface area contributed by atoms with E-state index in [1.807, 2.05) is 4.90 Å². The molecule has 19 heavy (non-hydrogen) atoms. The second kappa shape index (κ2) is 6.14. The smallest absolute Gasteiger partial charge is 0.270 e. The van der Waals surface area contributed by atoms with Crippen LogP contribution in [0.4, 0.5) is 5.69 Å². The Balaban J connectivity index is 2.20. The number of rotatable bonds is 5. The van der Waals surface area contributed by atoms with Crippen molar-refractivity contribution in [3.05, 3.63) is 39.9 Å². The molecule has 0 unspecified atom stereocenters. The third-order valence-electron chi connectivity index (χ3n) is 3.41. The first-order valence-corrected chi connectivity index (χ1v) is 7.37. The molecule has 1 aliphatic carbocycles. The molecule has 0 aliphatic heterocycles. The van der Waals surface area contributed by atoms with Gasteiger partial charge in [-0.15, -0.1) is 0 Å². The second-order valence-electron chi connectivity index (χ2n) is 4.58. The molecule has 0 spiro atoms. The van der Waals surface area contributed by atoms with Crippen LogP contribution in [0.15, 0.2) is 24.3 Å². The first-order chi connectivity index (χ1) is 9.13. The highest BCUT2D eigenvalue weighted by Crippen LogP contribution is 2.26. The largest absolute Gasteiger partial charge is 0.335 e. The van der Waals surface area contributed by atoms with E-state index in [0.717, 1.165) is 19.3 Å². The van der Waals surface area contributed by atoms with Crippen LogP contribution in [0.3, 0.4) is 0 Å². The van der Waals surface area contributed by atoms with Gasteiger partial charge in [-0.3, -0.25) is 14.9 Å². The molecule has 0 N–H and O–H groups in total. The van der Waals surface area contributed by atoms with Gasteiger partial charge in [0.2, 0.25) is 0 Å². The van der Waals surface area contributed by atoms with Crippen molar-refractivity contribution < 1.29 is 9.72 Å². The molecule has 6 heteroatoms. The number of nitrogens with zero attached hydrogens (tertiary/aromatic N) is 2. The fourth-order valence-electron chi connectivity index (χ4n) is 2.16. The number of carbonyl (C=O) groups excluding carboxylic acids is 1. The topological polar surface area (TPSA) is 63.4 Å². The maximum atomic E-state index is 12.4. The Morgan fingerprint density at radius 3 is 2.74 bits per heavy atom. The van der Waals surface area contributed by atoms with Crippen LogP contribution in [0.5, 0.6) is 0 Å². The number of amides is 1. The number of alkyl halides is 1. The van der Waals surface area contributed by atoms with Crippen molar-refractivity contribution in [2.45, 2.75) is 25.3 Å². The van der Waals surface area contributed by atoms with E-state index < -0.39 is 4.92 Å². The summed E-state index contributed by atoms with van der Waals surface area (Å²) in [6, 6.07) is 6.22. The molecule has 102 valence electrons. The van der Waals surface area contributed by atoms with Crippen LogP contribution >= 0.6 is 15.9 Å². The van der Waals surface area contributed by atoms with Crippen molar-refractivity contribution in [2.24, 2.45) is 0 Å². The van der Waals surface area contributed by atoms with Gasteiger partial charge in [0.1, 0.15) is 0 Å². The molecular formula is C13H15BrN2O3. The van der Waals surface area contributed by atoms with Crippen molar-refractivity contribution in [1.29, 1.82) is 0 Å². The van der Waals surface area contributed by atoms with Crippen LogP contribution in [0.2, 0.25) is 0 Å². The molecule has 1 fully saturated rings. The molecule has 0 bridgehead atoms. The van der Waals surface area contributed by atoms with Crippen LogP contribution in [0, 0.1) is 10.1 Å². The zero-order valence-corrected chi connectivity index (χ0v) is 12.0. The van der Waals surface area contributed by atoms with Gasteiger partial charge in [-0.2, -0.15) is 0 Å². The van der Waals surface area contributed by atoms with E-state index in [-0.39, 0.29) is 17.6 Å². The highest BCUT2D eigenvalue weighted by atomic mass is 79.9. The maximum Gasteiger partial charge on any atom is 0.270 e. The van der Waals surface area contributed by atoms with Crippen LogP contribution in [0.25, 0.3) is 0 Å². The Bertz CT molecular complexity index is 489. The van der Waals surface area contributed by atoms with E-state index in [1.165, 1.54) is 12.1 Å². The number of hydrogen-bond donors (Lipinski definition) is 0. The fraction of sp³-hybridized carbons (Fsp3) is 0.462. The molecular weight excluding hydrogens is 312 g/mol. The normalized spacial score (nSPS) is 14.8. The van der Waals surface area contributed by atoms with Crippen molar-refractivity contribution in [1.82, 2.24) is 4.90 Å². The Morgan fingerprint density at radius 1 is 1.47 bits per heavy atom. The van der Waals surface area contributed by atoms with E-state index in [1.54, 1.807) is 12.1 Å². The predicted molar refractivity (Wildman–Crippen MR) is 75.6 cm³/mol. The Hall–Kier alpha value is -1.43. The lowest BCUT2D eigenvalue weighted by molar-refractivity contribution is -0.384.